The van der Waals surface area contributed by atoms with Crippen molar-refractivity contribution in [3.8, 4) is 17.0 Å². The van der Waals surface area contributed by atoms with Gasteiger partial charge in [-0.15, -0.1) is 0 Å². The number of hydrogen-bond donors (Lipinski definition) is 0. The molecule has 0 saturated heterocycles. The Morgan fingerprint density at radius 1 is 1.08 bits per heavy atom. The number of methoxy groups -OCH3 is 1. The number of aromatic nitrogens is 3. The van der Waals surface area contributed by atoms with Gasteiger partial charge in [-0.25, -0.2) is 9.50 Å². The van der Waals surface area contributed by atoms with E-state index in [9.17, 15) is 0 Å². The second-order valence-corrected chi connectivity index (χ2v) is 7.00. The summed E-state index contributed by atoms with van der Waals surface area (Å²) in [6, 6.07) is 18.5. The first-order valence-corrected chi connectivity index (χ1v) is 9.39. The fourth-order valence-corrected chi connectivity index (χ4v) is 3.90. The fourth-order valence-electron chi connectivity index (χ4n) is 2.85. The van der Waals surface area contributed by atoms with Crippen LogP contribution in [0.2, 0.25) is 0 Å². The number of thioether (sulfide) groups is 1. The Labute approximate surface area is 156 Å². The highest BCUT2D eigenvalue weighted by atomic mass is 32.2. The second kappa shape index (κ2) is 7.22. The summed E-state index contributed by atoms with van der Waals surface area (Å²) in [5.41, 5.74) is 5.59. The van der Waals surface area contributed by atoms with Gasteiger partial charge in [0.2, 0.25) is 0 Å². The van der Waals surface area contributed by atoms with Crippen molar-refractivity contribution < 1.29 is 4.74 Å². The number of benzene rings is 2. The van der Waals surface area contributed by atoms with Crippen LogP contribution in [0, 0.1) is 6.92 Å². The SMILES string of the molecule is COc1cccc(-c2cc3c(SCc4ccccc4C)nccn3n2)c1. The predicted octanol–water partition coefficient (Wildman–Crippen LogP) is 5.01. The fraction of sp³-hybridized carbons (Fsp3) is 0.143. The van der Waals surface area contributed by atoms with Crippen LogP contribution in [-0.2, 0) is 5.75 Å². The lowest BCUT2D eigenvalue weighted by atomic mass is 10.1. The molecule has 0 aliphatic carbocycles. The first-order chi connectivity index (χ1) is 12.7. The highest BCUT2D eigenvalue weighted by Crippen LogP contribution is 2.29. The lowest BCUT2D eigenvalue weighted by Crippen LogP contribution is -1.92. The summed E-state index contributed by atoms with van der Waals surface area (Å²) in [6.07, 6.45) is 3.69. The zero-order chi connectivity index (χ0) is 17.9. The van der Waals surface area contributed by atoms with Crippen molar-refractivity contribution in [1.29, 1.82) is 0 Å². The first kappa shape index (κ1) is 16.7. The van der Waals surface area contributed by atoms with Gasteiger partial charge in [-0.05, 0) is 36.2 Å². The molecule has 5 heteroatoms. The summed E-state index contributed by atoms with van der Waals surface area (Å²) in [4.78, 5) is 4.57. The molecule has 130 valence electrons. The molecule has 4 aromatic rings. The summed E-state index contributed by atoms with van der Waals surface area (Å²) in [6.45, 7) is 2.14. The van der Waals surface area contributed by atoms with E-state index in [2.05, 4.69) is 42.2 Å². The zero-order valence-corrected chi connectivity index (χ0v) is 15.5. The van der Waals surface area contributed by atoms with Gasteiger partial charge in [-0.1, -0.05) is 48.2 Å². The zero-order valence-electron chi connectivity index (χ0n) is 14.7. The molecule has 0 unspecified atom stereocenters. The van der Waals surface area contributed by atoms with Gasteiger partial charge in [0.15, 0.2) is 0 Å². The number of fused-ring (bicyclic) bond motifs is 1. The van der Waals surface area contributed by atoms with E-state index in [1.54, 1.807) is 25.1 Å². The first-order valence-electron chi connectivity index (χ1n) is 8.41. The van der Waals surface area contributed by atoms with Crippen molar-refractivity contribution in [2.24, 2.45) is 0 Å². The molecule has 0 bridgehead atoms. The van der Waals surface area contributed by atoms with Crippen LogP contribution in [0.1, 0.15) is 11.1 Å². The molecule has 0 aliphatic heterocycles. The molecular formula is C21H19N3OS. The largest absolute Gasteiger partial charge is 0.497 e. The molecule has 0 amide bonds. The normalized spacial score (nSPS) is 11.0. The summed E-state index contributed by atoms with van der Waals surface area (Å²) >= 11 is 1.74. The van der Waals surface area contributed by atoms with Gasteiger partial charge in [0.05, 0.1) is 18.3 Å². The number of nitrogens with zero attached hydrogens (tertiary/aromatic N) is 3. The third kappa shape index (κ3) is 3.30. The summed E-state index contributed by atoms with van der Waals surface area (Å²) in [5, 5.41) is 5.68. The third-order valence-corrected chi connectivity index (χ3v) is 5.39. The van der Waals surface area contributed by atoms with Crippen LogP contribution < -0.4 is 4.74 Å². The van der Waals surface area contributed by atoms with Gasteiger partial charge in [0, 0.05) is 23.7 Å². The Morgan fingerprint density at radius 3 is 2.81 bits per heavy atom. The summed E-state index contributed by atoms with van der Waals surface area (Å²) < 4.78 is 7.21. The van der Waals surface area contributed by atoms with Crippen molar-refractivity contribution in [1.82, 2.24) is 14.6 Å². The van der Waals surface area contributed by atoms with Crippen LogP contribution in [0.5, 0.6) is 5.75 Å². The van der Waals surface area contributed by atoms with E-state index < -0.39 is 0 Å². The summed E-state index contributed by atoms with van der Waals surface area (Å²) in [5.74, 6) is 1.71. The number of ether oxygens (including phenoxy) is 1. The molecule has 4 nitrogen and oxygen atoms in total. The molecule has 0 spiro atoms. The number of rotatable bonds is 5. The van der Waals surface area contributed by atoms with Crippen molar-refractivity contribution in [2.75, 3.05) is 7.11 Å². The minimum Gasteiger partial charge on any atom is -0.497 e. The Kier molecular flexibility index (Phi) is 4.63. The van der Waals surface area contributed by atoms with Gasteiger partial charge in [0.1, 0.15) is 10.8 Å². The van der Waals surface area contributed by atoms with Crippen LogP contribution in [0.25, 0.3) is 16.8 Å². The average Bonchev–Trinajstić information content (AvgIpc) is 3.12. The van der Waals surface area contributed by atoms with E-state index in [0.29, 0.717) is 0 Å². The lowest BCUT2D eigenvalue weighted by molar-refractivity contribution is 0.415. The van der Waals surface area contributed by atoms with Crippen LogP contribution in [0.15, 0.2) is 72.0 Å². The Balaban J connectivity index is 1.66. The molecule has 0 aliphatic rings. The Bertz CT molecular complexity index is 1060. The van der Waals surface area contributed by atoms with E-state index in [-0.39, 0.29) is 0 Å². The van der Waals surface area contributed by atoms with Crippen molar-refractivity contribution >= 4 is 17.3 Å². The molecule has 26 heavy (non-hydrogen) atoms. The van der Waals surface area contributed by atoms with Gasteiger partial charge in [-0.3, -0.25) is 0 Å². The van der Waals surface area contributed by atoms with Crippen molar-refractivity contribution in [2.45, 2.75) is 17.7 Å². The monoisotopic (exact) mass is 361 g/mol. The maximum absolute atomic E-state index is 5.32. The maximum atomic E-state index is 5.32. The number of aryl methyl sites for hydroxylation is 1. The maximum Gasteiger partial charge on any atom is 0.122 e. The topological polar surface area (TPSA) is 39.4 Å². The van der Waals surface area contributed by atoms with Gasteiger partial charge < -0.3 is 4.74 Å². The molecule has 0 fully saturated rings. The highest BCUT2D eigenvalue weighted by Gasteiger charge is 2.11. The standard InChI is InChI=1S/C21H19N3OS/c1-15-6-3-4-7-17(15)14-26-21-20-13-19(23-24(20)11-10-22-21)16-8-5-9-18(12-16)25-2/h3-13H,14H2,1-2H3. The van der Waals surface area contributed by atoms with Gasteiger partial charge in [0.25, 0.3) is 0 Å². The molecule has 2 heterocycles. The highest BCUT2D eigenvalue weighted by molar-refractivity contribution is 7.98. The van der Waals surface area contributed by atoms with E-state index in [1.165, 1.54) is 11.1 Å². The molecule has 2 aromatic heterocycles. The molecule has 0 saturated carbocycles. The quantitative estimate of drug-likeness (QED) is 0.469. The van der Waals surface area contributed by atoms with E-state index in [1.807, 2.05) is 35.0 Å². The molecule has 0 radical (unpaired) electrons. The van der Waals surface area contributed by atoms with Crippen LogP contribution in [0.4, 0.5) is 0 Å². The Morgan fingerprint density at radius 2 is 1.96 bits per heavy atom. The van der Waals surface area contributed by atoms with Gasteiger partial charge >= 0.3 is 0 Å². The minimum absolute atomic E-state index is 0.826. The Hall–Kier alpha value is -2.79. The second-order valence-electron chi connectivity index (χ2n) is 6.04. The molecule has 2 aromatic carbocycles. The van der Waals surface area contributed by atoms with Crippen LogP contribution >= 0.6 is 11.8 Å². The third-order valence-electron chi connectivity index (χ3n) is 4.35. The number of hydrogen-bond acceptors (Lipinski definition) is 4. The van der Waals surface area contributed by atoms with E-state index in [0.717, 1.165) is 33.3 Å². The smallest absolute Gasteiger partial charge is 0.122 e. The lowest BCUT2D eigenvalue weighted by Gasteiger charge is -2.05. The van der Waals surface area contributed by atoms with Crippen LogP contribution in [-0.4, -0.2) is 21.7 Å². The van der Waals surface area contributed by atoms with Crippen molar-refractivity contribution in [3.63, 3.8) is 0 Å². The van der Waals surface area contributed by atoms with Crippen LogP contribution in [0.3, 0.4) is 0 Å². The minimum atomic E-state index is 0.826. The van der Waals surface area contributed by atoms with E-state index >= 15 is 0 Å². The summed E-state index contributed by atoms with van der Waals surface area (Å²) in [7, 11) is 1.67. The predicted molar refractivity (Wildman–Crippen MR) is 106 cm³/mol. The van der Waals surface area contributed by atoms with Gasteiger partial charge in [-0.2, -0.15) is 5.10 Å². The molecule has 4 rings (SSSR count). The molecule has 0 N–H and O–H groups in total. The average molecular weight is 361 g/mol. The molecule has 0 atom stereocenters. The van der Waals surface area contributed by atoms with Crippen molar-refractivity contribution in [3.05, 3.63) is 78.1 Å². The van der Waals surface area contributed by atoms with E-state index in [4.69, 9.17) is 9.84 Å². The molecular weight excluding hydrogens is 342 g/mol.